The number of hydrogen-bond donors (Lipinski definition) is 6. The first-order valence-electron chi connectivity index (χ1n) is 33.0. The van der Waals surface area contributed by atoms with Crippen molar-refractivity contribution in [2.75, 3.05) is 108 Å². The van der Waals surface area contributed by atoms with Crippen molar-refractivity contribution in [1.82, 2.24) is 79.4 Å². The number of hydrogen-bond acceptors (Lipinski definition) is 17. The molecule has 0 bridgehead atoms. The maximum absolute atomic E-state index is 5.43. The van der Waals surface area contributed by atoms with Gasteiger partial charge in [0.15, 0.2) is 0 Å². The number of ether oxygens (including phenoxy) is 1. The second-order valence-corrected chi connectivity index (χ2v) is 24.7. The van der Waals surface area contributed by atoms with Gasteiger partial charge >= 0.3 is 0 Å². The van der Waals surface area contributed by atoms with Crippen molar-refractivity contribution in [3.8, 4) is 33.8 Å². The summed E-state index contributed by atoms with van der Waals surface area (Å²) in [6, 6.07) is 37.5. The van der Waals surface area contributed by atoms with Crippen LogP contribution in [0.4, 0.5) is 34.9 Å². The summed E-state index contributed by atoms with van der Waals surface area (Å²) in [6.45, 7) is 20.6. The smallest absolute Gasteiger partial charge is 0.227 e. The van der Waals surface area contributed by atoms with Crippen LogP contribution in [0.5, 0.6) is 0 Å². The van der Waals surface area contributed by atoms with Crippen LogP contribution in [-0.4, -0.2) is 172 Å². The maximum atomic E-state index is 5.43. The number of nitrogens with zero attached hydrogens (tertiary/aromatic N) is 13. The van der Waals surface area contributed by atoms with Crippen molar-refractivity contribution >= 4 is 68.0 Å². The van der Waals surface area contributed by atoms with Crippen molar-refractivity contribution < 1.29 is 4.74 Å². The fourth-order valence-electron chi connectivity index (χ4n) is 12.6. The van der Waals surface area contributed by atoms with E-state index in [2.05, 4.69) is 169 Å². The number of likely N-dealkylation sites (tertiary alicyclic amines) is 1. The molecule has 0 saturated carbocycles. The fourth-order valence-corrected chi connectivity index (χ4v) is 12.6. The molecule has 12 heterocycles. The van der Waals surface area contributed by atoms with E-state index in [-0.39, 0.29) is 0 Å². The number of piperazine rings is 1. The molecule has 3 aliphatic rings. The van der Waals surface area contributed by atoms with Crippen molar-refractivity contribution in [3.63, 3.8) is 0 Å². The van der Waals surface area contributed by atoms with Crippen LogP contribution in [0.1, 0.15) is 52.6 Å². The monoisotopic (exact) mass is 1250 g/mol. The molecular weight excluding hydrogens is 1170 g/mol. The lowest BCUT2D eigenvalue weighted by Gasteiger charge is -2.32. The number of benzene rings is 3. The molecule has 20 nitrogen and oxygen atoms in total. The average molecular weight is 1250 g/mol. The number of rotatable bonds is 18. The summed E-state index contributed by atoms with van der Waals surface area (Å²) in [5.74, 6) is 1.77. The van der Waals surface area contributed by atoms with Gasteiger partial charge in [0.05, 0.1) is 30.3 Å². The zero-order chi connectivity index (χ0) is 64.0. The van der Waals surface area contributed by atoms with Gasteiger partial charge in [-0.15, -0.1) is 0 Å². The summed E-state index contributed by atoms with van der Waals surface area (Å²) in [5.41, 5.74) is 19.0. The predicted molar refractivity (Wildman–Crippen MR) is 377 cm³/mol. The van der Waals surface area contributed by atoms with E-state index in [4.69, 9.17) is 19.7 Å². The Morgan fingerprint density at radius 3 is 1.13 bits per heavy atom. The Morgan fingerprint density at radius 2 is 0.755 bits per heavy atom. The number of aromatic amines is 3. The molecule has 0 unspecified atom stereocenters. The van der Waals surface area contributed by atoms with Crippen molar-refractivity contribution in [1.29, 1.82) is 0 Å². The van der Waals surface area contributed by atoms with E-state index in [1.54, 1.807) is 37.2 Å². The van der Waals surface area contributed by atoms with Crippen molar-refractivity contribution in [2.45, 2.75) is 59.3 Å². The summed E-state index contributed by atoms with van der Waals surface area (Å²) in [7, 11) is 2.20. The first-order valence-corrected chi connectivity index (χ1v) is 33.0. The number of nitrogens with one attached hydrogen (secondary N) is 6. The van der Waals surface area contributed by atoms with E-state index >= 15 is 0 Å². The highest BCUT2D eigenvalue weighted by molar-refractivity contribution is 5.94. The Morgan fingerprint density at radius 1 is 0.394 bits per heavy atom. The minimum atomic E-state index is 0.583. The number of piperidine rings is 1. The molecule has 0 spiro atoms. The number of aryl methyl sites for hydroxylation is 3. The lowest BCUT2D eigenvalue weighted by molar-refractivity contribution is 0.0384. The predicted octanol–water partition coefficient (Wildman–Crippen LogP) is 12.9. The molecule has 3 saturated heterocycles. The number of H-pyrrole nitrogens is 3. The van der Waals surface area contributed by atoms with E-state index in [0.29, 0.717) is 17.8 Å². The number of fused-ring (bicyclic) bond motifs is 3. The maximum Gasteiger partial charge on any atom is 0.227 e. The standard InChI is InChI=1S/C25H29N7.C25H28N6.C24H26N6O/c1-18-16-19(8-11-32-14-12-31(2)13-15-32)5-6-22(18)29-25-27-10-7-23(30-25)21-17-28-24-20(21)4-3-9-26-24;1-18-16-19(10-15-31-13-3-2-4-14-31)7-8-22(18)29-25-27-12-9-23(30-25)21-17-28-24-20(21)6-5-11-26-24;1-17-15-18(7-10-30-11-13-31-14-12-30)4-5-21(17)28-24-26-9-6-22(29-24)20-16-27-23-19(20)3-2-8-25-23/h3-7,9-10,16-17H,8,11-15H2,1-2H3,(H,26,28)(H,27,29,30);5-9,11-12,16-17H,2-4,10,13-15H2,1H3,(H,26,28)(H,27,29,30);2-6,8-9,15-16H,7,10-14H2,1H3,(H,25,27)(H,26,28,29). The van der Waals surface area contributed by atoms with Crippen LogP contribution < -0.4 is 16.0 Å². The summed E-state index contributed by atoms with van der Waals surface area (Å²) in [6.07, 6.45) is 23.9. The molecule has 0 radical (unpaired) electrons. The van der Waals surface area contributed by atoms with Crippen LogP contribution in [0.15, 0.2) is 165 Å². The van der Waals surface area contributed by atoms with Crippen LogP contribution in [0.2, 0.25) is 0 Å². The summed E-state index contributed by atoms with van der Waals surface area (Å²) in [5, 5.41) is 13.3. The second kappa shape index (κ2) is 30.3. The Bertz CT molecular complexity index is 4280. The highest BCUT2D eigenvalue weighted by Crippen LogP contribution is 2.32. The van der Waals surface area contributed by atoms with Crippen LogP contribution in [0.3, 0.4) is 0 Å². The largest absolute Gasteiger partial charge is 0.379 e. The van der Waals surface area contributed by atoms with E-state index < -0.39 is 0 Å². The molecule has 12 aromatic rings. The zero-order valence-electron chi connectivity index (χ0n) is 54.2. The number of pyridine rings is 3. The van der Waals surface area contributed by atoms with Gasteiger partial charge in [-0.2, -0.15) is 0 Å². The topological polar surface area (TPSA) is 222 Å². The molecule has 94 heavy (non-hydrogen) atoms. The summed E-state index contributed by atoms with van der Waals surface area (Å²) >= 11 is 0. The Balaban J connectivity index is 0.000000128. The molecule has 0 aliphatic carbocycles. The highest BCUT2D eigenvalue weighted by atomic mass is 16.5. The normalized spacial score (nSPS) is 14.9. The van der Waals surface area contributed by atoms with Gasteiger partial charge in [-0.25, -0.2) is 44.9 Å². The van der Waals surface area contributed by atoms with E-state index in [1.165, 1.54) is 65.7 Å². The Kier molecular flexibility index (Phi) is 20.3. The SMILES string of the molecule is Cc1cc(CCN2CCCCC2)ccc1Nc1nccc(-c2c[nH]c3ncccc23)n1.Cc1cc(CCN2CCN(C)CC2)ccc1Nc1nccc(-c2c[nH]c3ncccc23)n1.Cc1cc(CCN2CCOCC2)ccc1Nc1nccc(-c2c[nH]c3ncccc23)n1. The number of likely N-dealkylation sites (N-methyl/N-ethyl adjacent to an activating group) is 1. The van der Waals surface area contributed by atoms with Crippen LogP contribution in [-0.2, 0) is 24.0 Å². The van der Waals surface area contributed by atoms with Gasteiger partial charge in [-0.05, 0) is 179 Å². The molecule has 0 atom stereocenters. The molecule has 3 aromatic carbocycles. The first kappa shape index (κ1) is 63.0. The quantitative estimate of drug-likeness (QED) is 0.0470. The van der Waals surface area contributed by atoms with Crippen LogP contribution >= 0.6 is 0 Å². The highest BCUT2D eigenvalue weighted by Gasteiger charge is 2.18. The fraction of sp³-hybridized carbons (Fsp3) is 0.311. The van der Waals surface area contributed by atoms with Gasteiger partial charge in [-0.1, -0.05) is 42.8 Å². The van der Waals surface area contributed by atoms with E-state index in [9.17, 15) is 0 Å². The van der Waals surface area contributed by atoms with Gasteiger partial charge in [-0.3, -0.25) is 4.90 Å². The molecule has 0 amide bonds. The van der Waals surface area contributed by atoms with Gasteiger partial charge in [0.25, 0.3) is 0 Å². The van der Waals surface area contributed by atoms with Crippen LogP contribution in [0.25, 0.3) is 66.9 Å². The van der Waals surface area contributed by atoms with Gasteiger partial charge in [0.2, 0.25) is 17.8 Å². The van der Waals surface area contributed by atoms with Crippen molar-refractivity contribution in [3.05, 3.63) is 198 Å². The number of morpholine rings is 1. The number of anilines is 6. The third kappa shape index (κ3) is 16.0. The molecule has 6 N–H and O–H groups in total. The Labute approximate surface area is 549 Å². The average Bonchev–Trinajstić information content (AvgIpc) is 1.67. The molecule has 3 fully saturated rings. The molecule has 20 heteroatoms. The van der Waals surface area contributed by atoms with E-state index in [0.717, 1.165) is 175 Å². The lowest BCUT2D eigenvalue weighted by Crippen LogP contribution is -2.45. The molecule has 9 aromatic heterocycles. The first-order chi connectivity index (χ1) is 46.2. The summed E-state index contributed by atoms with van der Waals surface area (Å²) in [4.78, 5) is 60.2. The zero-order valence-corrected chi connectivity index (χ0v) is 54.2. The molecule has 480 valence electrons. The third-order valence-corrected chi connectivity index (χ3v) is 18.1. The van der Waals surface area contributed by atoms with Gasteiger partial charge in [0, 0.05) is 165 Å². The summed E-state index contributed by atoms with van der Waals surface area (Å²) < 4.78 is 5.43. The second-order valence-electron chi connectivity index (χ2n) is 24.7. The third-order valence-electron chi connectivity index (χ3n) is 18.1. The van der Waals surface area contributed by atoms with Crippen molar-refractivity contribution in [2.24, 2.45) is 0 Å². The lowest BCUT2D eigenvalue weighted by atomic mass is 10.1. The molecule has 3 aliphatic heterocycles. The Hall–Kier alpha value is -9.83. The molecular formula is C74H83N19O. The minimum absolute atomic E-state index is 0.583. The number of aromatic nitrogens is 12. The van der Waals surface area contributed by atoms with Gasteiger partial charge < -0.3 is 50.3 Å². The van der Waals surface area contributed by atoms with Crippen LogP contribution in [0, 0.1) is 20.8 Å². The van der Waals surface area contributed by atoms with Gasteiger partial charge in [0.1, 0.15) is 16.9 Å². The van der Waals surface area contributed by atoms with E-state index in [1.807, 2.05) is 67.1 Å². The molecule has 15 rings (SSSR count). The minimum Gasteiger partial charge on any atom is -0.379 e.